The Bertz CT molecular complexity index is 603. The van der Waals surface area contributed by atoms with Crippen molar-refractivity contribution in [2.24, 2.45) is 0 Å². The minimum absolute atomic E-state index is 0.0145. The van der Waals surface area contributed by atoms with E-state index in [1.165, 1.54) is 44.9 Å². The van der Waals surface area contributed by atoms with Crippen LogP contribution in [0.15, 0.2) is 23.8 Å². The molecule has 0 aromatic heterocycles. The van der Waals surface area contributed by atoms with E-state index < -0.39 is 0 Å². The molecule has 0 heterocycles. The Morgan fingerprint density at radius 2 is 2.00 bits per heavy atom. The number of phenolic OH excluding ortho intramolecular Hbond substituents is 1. The lowest BCUT2D eigenvalue weighted by atomic mass is 10.1. The number of hydrogen-bond donors (Lipinski definition) is 2. The fourth-order valence-electron chi connectivity index (χ4n) is 2.30. The highest BCUT2D eigenvalue weighted by Crippen LogP contribution is 2.27. The van der Waals surface area contributed by atoms with Gasteiger partial charge in [0.25, 0.3) is 5.91 Å². The number of unbranched alkanes of at least 4 members (excludes halogenated alkanes) is 5. The monoisotopic (exact) mass is 330 g/mol. The Balaban J connectivity index is 2.53. The molecule has 0 spiro atoms. The molecule has 0 radical (unpaired) electrons. The lowest BCUT2D eigenvalue weighted by Gasteiger charge is -2.06. The van der Waals surface area contributed by atoms with Crippen molar-refractivity contribution in [3.05, 3.63) is 29.3 Å². The first-order chi connectivity index (χ1) is 11.6. The third kappa shape index (κ3) is 6.74. The first-order valence-corrected chi connectivity index (χ1v) is 8.39. The Labute approximate surface area is 143 Å². The molecule has 0 aliphatic carbocycles. The predicted molar refractivity (Wildman–Crippen MR) is 94.6 cm³/mol. The molecule has 24 heavy (non-hydrogen) atoms. The molecule has 0 unspecified atom stereocenters. The number of rotatable bonds is 10. The molecule has 0 saturated carbocycles. The average molecular weight is 330 g/mol. The molecule has 5 heteroatoms. The summed E-state index contributed by atoms with van der Waals surface area (Å²) < 4.78 is 5.02. The minimum atomic E-state index is -0.377. The zero-order valence-corrected chi connectivity index (χ0v) is 14.5. The molecule has 130 valence electrons. The largest absolute Gasteiger partial charge is 0.504 e. The predicted octanol–water partition coefficient (Wildman–Crippen LogP) is 3.78. The zero-order chi connectivity index (χ0) is 17.8. The molecule has 0 aliphatic rings. The van der Waals surface area contributed by atoms with Gasteiger partial charge in [-0.1, -0.05) is 45.1 Å². The smallest absolute Gasteiger partial charge is 0.261 e. The summed E-state index contributed by atoms with van der Waals surface area (Å²) in [6, 6.07) is 6.58. The van der Waals surface area contributed by atoms with Crippen LogP contribution >= 0.6 is 0 Å². The van der Waals surface area contributed by atoms with Crippen molar-refractivity contribution >= 4 is 12.0 Å². The standard InChI is InChI=1S/C19H26N2O3/c1-3-4-5-6-7-8-11-21-19(23)16(14-20)12-15-9-10-17(22)18(13-15)24-2/h9-10,12-13,22H,3-8,11H2,1-2H3,(H,21,23)/b16-12+. The highest BCUT2D eigenvalue weighted by molar-refractivity contribution is 6.01. The highest BCUT2D eigenvalue weighted by Gasteiger charge is 2.09. The van der Waals surface area contributed by atoms with Crippen LogP contribution in [-0.2, 0) is 4.79 Å². The summed E-state index contributed by atoms with van der Waals surface area (Å²) >= 11 is 0. The number of nitriles is 1. The zero-order valence-electron chi connectivity index (χ0n) is 14.5. The number of nitrogens with one attached hydrogen (secondary N) is 1. The van der Waals surface area contributed by atoms with Gasteiger partial charge in [0.1, 0.15) is 11.6 Å². The van der Waals surface area contributed by atoms with Crippen LogP contribution in [0, 0.1) is 11.3 Å². The summed E-state index contributed by atoms with van der Waals surface area (Å²) in [5, 5.41) is 21.5. The average Bonchev–Trinajstić information content (AvgIpc) is 2.59. The number of benzene rings is 1. The van der Waals surface area contributed by atoms with Crippen LogP contribution in [0.5, 0.6) is 11.5 Å². The SMILES string of the molecule is CCCCCCCCNC(=O)/C(C#N)=C/c1ccc(O)c(OC)c1. The molecule has 1 amide bonds. The van der Waals surface area contributed by atoms with Crippen molar-refractivity contribution in [1.82, 2.24) is 5.32 Å². The van der Waals surface area contributed by atoms with E-state index >= 15 is 0 Å². The van der Waals surface area contributed by atoms with Gasteiger partial charge in [-0.3, -0.25) is 4.79 Å². The fraction of sp³-hybridized carbons (Fsp3) is 0.474. The van der Waals surface area contributed by atoms with E-state index in [4.69, 9.17) is 4.74 Å². The molecule has 0 atom stereocenters. The quantitative estimate of drug-likeness (QED) is 0.388. The summed E-state index contributed by atoms with van der Waals surface area (Å²) in [4.78, 5) is 12.1. The van der Waals surface area contributed by atoms with E-state index in [-0.39, 0.29) is 17.2 Å². The number of hydrogen-bond acceptors (Lipinski definition) is 4. The molecule has 0 fully saturated rings. The van der Waals surface area contributed by atoms with Gasteiger partial charge in [-0.25, -0.2) is 0 Å². The summed E-state index contributed by atoms with van der Waals surface area (Å²) in [6.45, 7) is 2.75. The van der Waals surface area contributed by atoms with Crippen LogP contribution in [0.1, 0.15) is 51.0 Å². The summed E-state index contributed by atoms with van der Waals surface area (Å²) in [5.74, 6) is -0.0627. The molecule has 0 aliphatic heterocycles. The van der Waals surface area contributed by atoms with Gasteiger partial charge in [-0.05, 0) is 30.2 Å². The first-order valence-electron chi connectivity index (χ1n) is 8.39. The highest BCUT2D eigenvalue weighted by atomic mass is 16.5. The lowest BCUT2D eigenvalue weighted by molar-refractivity contribution is -0.117. The number of nitrogens with zero attached hydrogens (tertiary/aromatic N) is 1. The second kappa shape index (κ2) is 11.1. The minimum Gasteiger partial charge on any atom is -0.504 e. The normalized spacial score (nSPS) is 11.0. The molecular weight excluding hydrogens is 304 g/mol. The number of aromatic hydroxyl groups is 1. The maximum atomic E-state index is 12.1. The Hall–Kier alpha value is -2.48. The molecule has 1 rings (SSSR count). The number of methoxy groups -OCH3 is 1. The molecule has 5 nitrogen and oxygen atoms in total. The summed E-state index contributed by atoms with van der Waals surface area (Å²) in [7, 11) is 1.45. The van der Waals surface area contributed by atoms with Gasteiger partial charge in [0, 0.05) is 6.54 Å². The Morgan fingerprint density at radius 3 is 2.67 bits per heavy atom. The van der Waals surface area contributed by atoms with Crippen LogP contribution < -0.4 is 10.1 Å². The second-order valence-electron chi connectivity index (χ2n) is 5.62. The van der Waals surface area contributed by atoms with Crippen molar-refractivity contribution in [3.63, 3.8) is 0 Å². The van der Waals surface area contributed by atoms with Crippen LogP contribution in [0.2, 0.25) is 0 Å². The second-order valence-corrected chi connectivity index (χ2v) is 5.62. The van der Waals surface area contributed by atoms with E-state index in [0.29, 0.717) is 17.9 Å². The third-order valence-electron chi connectivity index (χ3n) is 3.70. The molecule has 1 aromatic carbocycles. The molecule has 0 bridgehead atoms. The molecule has 2 N–H and O–H groups in total. The summed E-state index contributed by atoms with van der Waals surface area (Å²) in [6.07, 6.45) is 8.37. The van der Waals surface area contributed by atoms with Crippen molar-refractivity contribution in [2.75, 3.05) is 13.7 Å². The lowest BCUT2D eigenvalue weighted by Crippen LogP contribution is -2.25. The van der Waals surface area contributed by atoms with Crippen molar-refractivity contribution in [1.29, 1.82) is 5.26 Å². The van der Waals surface area contributed by atoms with Gasteiger partial charge in [0.2, 0.25) is 0 Å². The number of carbonyl (C=O) groups excluding carboxylic acids is 1. The third-order valence-corrected chi connectivity index (χ3v) is 3.70. The van der Waals surface area contributed by atoms with Crippen molar-refractivity contribution in [2.45, 2.75) is 45.4 Å². The van der Waals surface area contributed by atoms with Gasteiger partial charge in [-0.15, -0.1) is 0 Å². The van der Waals surface area contributed by atoms with Crippen LogP contribution in [-0.4, -0.2) is 24.7 Å². The molecular formula is C19H26N2O3. The van der Waals surface area contributed by atoms with Gasteiger partial charge in [-0.2, -0.15) is 5.26 Å². The van der Waals surface area contributed by atoms with Gasteiger partial charge >= 0.3 is 0 Å². The van der Waals surface area contributed by atoms with Gasteiger partial charge < -0.3 is 15.2 Å². The molecule has 0 saturated heterocycles. The van der Waals surface area contributed by atoms with E-state index in [1.807, 2.05) is 6.07 Å². The maximum Gasteiger partial charge on any atom is 0.261 e. The molecule has 1 aromatic rings. The van der Waals surface area contributed by atoms with Crippen LogP contribution in [0.4, 0.5) is 0 Å². The van der Waals surface area contributed by atoms with Gasteiger partial charge in [0.15, 0.2) is 11.5 Å². The van der Waals surface area contributed by atoms with E-state index in [0.717, 1.165) is 12.8 Å². The van der Waals surface area contributed by atoms with E-state index in [2.05, 4.69) is 12.2 Å². The number of phenols is 1. The Kier molecular flexibility index (Phi) is 9.06. The number of amides is 1. The maximum absolute atomic E-state index is 12.1. The van der Waals surface area contributed by atoms with Gasteiger partial charge in [0.05, 0.1) is 7.11 Å². The van der Waals surface area contributed by atoms with Crippen molar-refractivity contribution < 1.29 is 14.6 Å². The number of ether oxygens (including phenoxy) is 1. The van der Waals surface area contributed by atoms with Crippen molar-refractivity contribution in [3.8, 4) is 17.6 Å². The number of carbonyl (C=O) groups is 1. The topological polar surface area (TPSA) is 82.4 Å². The van der Waals surface area contributed by atoms with E-state index in [9.17, 15) is 15.2 Å². The van der Waals surface area contributed by atoms with E-state index in [1.54, 1.807) is 12.1 Å². The first kappa shape index (κ1) is 19.6. The summed E-state index contributed by atoms with van der Waals surface area (Å²) in [5.41, 5.74) is 0.657. The Morgan fingerprint density at radius 1 is 1.29 bits per heavy atom. The van der Waals surface area contributed by atoms with Crippen LogP contribution in [0.25, 0.3) is 6.08 Å². The van der Waals surface area contributed by atoms with Crippen LogP contribution in [0.3, 0.4) is 0 Å². The fourth-order valence-corrected chi connectivity index (χ4v) is 2.30.